The molecule has 0 amide bonds. The van der Waals surface area contributed by atoms with Crippen molar-refractivity contribution in [3.63, 3.8) is 0 Å². The van der Waals surface area contributed by atoms with Crippen LogP contribution in [0.2, 0.25) is 0 Å². The second-order valence-electron chi connectivity index (χ2n) is 8.61. The molecule has 2 N–H and O–H groups in total. The van der Waals surface area contributed by atoms with Crippen LogP contribution in [0.25, 0.3) is 10.9 Å². The van der Waals surface area contributed by atoms with Crippen molar-refractivity contribution in [1.82, 2.24) is 15.2 Å². The number of benzene rings is 2. The van der Waals surface area contributed by atoms with Gasteiger partial charge in [-0.05, 0) is 55.4 Å². The van der Waals surface area contributed by atoms with E-state index in [1.54, 1.807) is 6.26 Å². The third-order valence-corrected chi connectivity index (χ3v) is 6.38. The maximum atomic E-state index is 13.0. The molecule has 1 aliphatic rings. The minimum atomic E-state index is -0.149. The van der Waals surface area contributed by atoms with Crippen LogP contribution < -0.4 is 20.3 Å². The van der Waals surface area contributed by atoms with Gasteiger partial charge >= 0.3 is 0 Å². The Morgan fingerprint density at radius 2 is 1.91 bits per heavy atom. The molecule has 2 aromatic heterocycles. The largest absolute Gasteiger partial charge is 0.486 e. The number of aryl methyl sites for hydroxylation is 1. The molecule has 5 rings (SSSR count). The lowest BCUT2D eigenvalue weighted by Crippen LogP contribution is -2.41. The van der Waals surface area contributed by atoms with Crippen LogP contribution in [-0.2, 0) is 19.5 Å². The first kappa shape index (κ1) is 23.0. The summed E-state index contributed by atoms with van der Waals surface area (Å²) in [6.45, 7) is 4.60. The van der Waals surface area contributed by atoms with E-state index in [0.29, 0.717) is 60.5 Å². The highest BCUT2D eigenvalue weighted by Crippen LogP contribution is 2.33. The summed E-state index contributed by atoms with van der Waals surface area (Å²) in [6, 6.07) is 17.8. The first-order valence-electron chi connectivity index (χ1n) is 11.6. The van der Waals surface area contributed by atoms with Gasteiger partial charge in [0.05, 0.1) is 24.9 Å². The van der Waals surface area contributed by atoms with Crippen molar-refractivity contribution in [2.45, 2.75) is 26.4 Å². The Labute approximate surface area is 208 Å². The molecule has 0 saturated heterocycles. The van der Waals surface area contributed by atoms with Crippen LogP contribution in [0.3, 0.4) is 0 Å². The van der Waals surface area contributed by atoms with Gasteiger partial charge in [0.25, 0.3) is 5.56 Å². The van der Waals surface area contributed by atoms with Crippen LogP contribution in [0.1, 0.15) is 22.5 Å². The maximum Gasteiger partial charge on any atom is 0.253 e. The van der Waals surface area contributed by atoms with Crippen LogP contribution in [0.5, 0.6) is 11.5 Å². The SMILES string of the molecule is Cc1cccc(CCN(Cc2cc3cc4c(cc3[nH]c2=O)OCCO4)C(=S)NCc2ccco2)c1. The molecule has 0 atom stereocenters. The molecule has 0 bridgehead atoms. The van der Waals surface area contributed by atoms with Crippen molar-refractivity contribution in [2.24, 2.45) is 0 Å². The molecular formula is C27H27N3O4S. The fraction of sp³-hybridized carbons (Fsp3) is 0.259. The van der Waals surface area contributed by atoms with Crippen molar-refractivity contribution in [2.75, 3.05) is 19.8 Å². The molecule has 35 heavy (non-hydrogen) atoms. The molecule has 0 spiro atoms. The monoisotopic (exact) mass is 489 g/mol. The standard InChI is InChI=1S/C27H27N3O4S/c1-18-4-2-5-19(12-18)7-8-30(27(35)28-16-22-6-3-9-32-22)17-21-13-20-14-24-25(34-11-10-33-24)15-23(20)29-26(21)31/h2-6,9,12-15H,7-8,10-11,16-17H2,1H3,(H,28,35)(H,29,31). The van der Waals surface area contributed by atoms with Crippen molar-refractivity contribution in [1.29, 1.82) is 0 Å². The number of nitrogens with one attached hydrogen (secondary N) is 2. The average molecular weight is 490 g/mol. The van der Waals surface area contributed by atoms with E-state index >= 15 is 0 Å². The Bertz CT molecular complexity index is 1400. The zero-order chi connectivity index (χ0) is 24.2. The molecule has 0 fully saturated rings. The lowest BCUT2D eigenvalue weighted by atomic mass is 10.1. The Balaban J connectivity index is 1.39. The van der Waals surface area contributed by atoms with E-state index in [1.165, 1.54) is 11.1 Å². The van der Waals surface area contributed by atoms with E-state index in [-0.39, 0.29) is 5.56 Å². The lowest BCUT2D eigenvalue weighted by Gasteiger charge is -2.26. The number of aromatic nitrogens is 1. The minimum Gasteiger partial charge on any atom is -0.486 e. The van der Waals surface area contributed by atoms with E-state index in [2.05, 4.69) is 41.5 Å². The number of aromatic amines is 1. The zero-order valence-electron chi connectivity index (χ0n) is 19.5. The number of H-pyrrole nitrogens is 1. The molecular weight excluding hydrogens is 462 g/mol. The average Bonchev–Trinajstić information content (AvgIpc) is 3.38. The summed E-state index contributed by atoms with van der Waals surface area (Å²) in [5, 5.41) is 4.72. The summed E-state index contributed by atoms with van der Waals surface area (Å²) in [4.78, 5) is 18.0. The van der Waals surface area contributed by atoms with E-state index in [0.717, 1.165) is 17.6 Å². The van der Waals surface area contributed by atoms with Gasteiger partial charge in [-0.3, -0.25) is 4.79 Å². The number of fused-ring (bicyclic) bond motifs is 2. The molecule has 180 valence electrons. The number of ether oxygens (including phenoxy) is 2. The minimum absolute atomic E-state index is 0.149. The number of rotatable bonds is 7. The Hall–Kier alpha value is -3.78. The number of pyridine rings is 1. The van der Waals surface area contributed by atoms with Gasteiger partial charge in [-0.15, -0.1) is 0 Å². The fourth-order valence-corrected chi connectivity index (χ4v) is 4.41. The normalized spacial score (nSPS) is 12.5. The summed E-state index contributed by atoms with van der Waals surface area (Å²) in [6.07, 6.45) is 2.44. The number of thiocarbonyl (C=S) groups is 1. The quantitative estimate of drug-likeness (QED) is 0.374. The molecule has 3 heterocycles. The van der Waals surface area contributed by atoms with Crippen LogP contribution in [-0.4, -0.2) is 34.8 Å². The van der Waals surface area contributed by atoms with Gasteiger partial charge < -0.3 is 29.1 Å². The number of hydrogen-bond acceptors (Lipinski definition) is 5. The lowest BCUT2D eigenvalue weighted by molar-refractivity contribution is 0.172. The number of furan rings is 1. The molecule has 0 radical (unpaired) electrons. The van der Waals surface area contributed by atoms with E-state index in [1.807, 2.05) is 35.2 Å². The zero-order valence-corrected chi connectivity index (χ0v) is 20.3. The highest BCUT2D eigenvalue weighted by atomic mass is 32.1. The fourth-order valence-electron chi connectivity index (χ4n) is 4.18. The Kier molecular flexibility index (Phi) is 6.72. The Morgan fingerprint density at radius 3 is 2.69 bits per heavy atom. The third-order valence-electron chi connectivity index (χ3n) is 5.98. The molecule has 2 aromatic carbocycles. The predicted octanol–water partition coefficient (Wildman–Crippen LogP) is 4.32. The number of nitrogens with zero attached hydrogens (tertiary/aromatic N) is 1. The van der Waals surface area contributed by atoms with Crippen LogP contribution in [0.4, 0.5) is 0 Å². The molecule has 8 heteroatoms. The molecule has 0 saturated carbocycles. The summed E-state index contributed by atoms with van der Waals surface area (Å²) < 4.78 is 16.8. The van der Waals surface area contributed by atoms with Gasteiger partial charge in [-0.1, -0.05) is 29.8 Å². The second kappa shape index (κ2) is 10.2. The van der Waals surface area contributed by atoms with Crippen molar-refractivity contribution in [3.8, 4) is 11.5 Å². The van der Waals surface area contributed by atoms with Gasteiger partial charge in [-0.25, -0.2) is 0 Å². The predicted molar refractivity (Wildman–Crippen MR) is 139 cm³/mol. The smallest absolute Gasteiger partial charge is 0.253 e. The first-order valence-corrected chi connectivity index (χ1v) is 12.0. The van der Waals surface area contributed by atoms with Crippen molar-refractivity contribution >= 4 is 28.2 Å². The highest BCUT2D eigenvalue weighted by molar-refractivity contribution is 7.80. The van der Waals surface area contributed by atoms with Gasteiger partial charge in [0.2, 0.25) is 0 Å². The maximum absolute atomic E-state index is 13.0. The first-order chi connectivity index (χ1) is 17.0. The van der Waals surface area contributed by atoms with Gasteiger partial charge in [0, 0.05) is 23.6 Å². The number of hydrogen-bond donors (Lipinski definition) is 2. The van der Waals surface area contributed by atoms with E-state index in [9.17, 15) is 4.79 Å². The summed E-state index contributed by atoms with van der Waals surface area (Å²) in [5.41, 5.74) is 3.63. The van der Waals surface area contributed by atoms with E-state index in [4.69, 9.17) is 26.1 Å². The van der Waals surface area contributed by atoms with Crippen LogP contribution in [0.15, 0.2) is 70.1 Å². The van der Waals surface area contributed by atoms with Gasteiger partial charge in [0.1, 0.15) is 19.0 Å². The molecule has 0 unspecified atom stereocenters. The molecule has 1 aliphatic heterocycles. The third kappa shape index (κ3) is 5.49. The van der Waals surface area contributed by atoms with Crippen LogP contribution >= 0.6 is 12.2 Å². The highest BCUT2D eigenvalue weighted by Gasteiger charge is 2.17. The summed E-state index contributed by atoms with van der Waals surface area (Å²) in [7, 11) is 0. The van der Waals surface area contributed by atoms with Gasteiger partial charge in [-0.2, -0.15) is 0 Å². The summed E-state index contributed by atoms with van der Waals surface area (Å²) >= 11 is 5.73. The molecule has 4 aromatic rings. The molecule has 7 nitrogen and oxygen atoms in total. The second-order valence-corrected chi connectivity index (χ2v) is 8.99. The van der Waals surface area contributed by atoms with Crippen molar-refractivity contribution in [3.05, 3.63) is 93.7 Å². The van der Waals surface area contributed by atoms with E-state index < -0.39 is 0 Å². The van der Waals surface area contributed by atoms with Crippen molar-refractivity contribution < 1.29 is 13.9 Å². The van der Waals surface area contributed by atoms with Gasteiger partial charge in [0.15, 0.2) is 16.6 Å². The summed E-state index contributed by atoms with van der Waals surface area (Å²) in [5.74, 6) is 2.13. The molecule has 0 aliphatic carbocycles. The van der Waals surface area contributed by atoms with Crippen LogP contribution in [0, 0.1) is 6.92 Å². The topological polar surface area (TPSA) is 79.7 Å². The Morgan fingerprint density at radius 1 is 1.09 bits per heavy atom.